The minimum atomic E-state index is -0.573. The first-order chi connectivity index (χ1) is 8.72. The number of nitrogens with two attached hydrogens (primary N) is 1. The molecule has 1 atom stereocenters. The molecule has 1 aromatic carbocycles. The van der Waals surface area contributed by atoms with Gasteiger partial charge in [0.25, 0.3) is 0 Å². The number of alkyl halides is 1. The van der Waals surface area contributed by atoms with Crippen LogP contribution in [0.25, 0.3) is 0 Å². The van der Waals surface area contributed by atoms with Crippen LogP contribution in [-0.2, 0) is 18.0 Å². The van der Waals surface area contributed by atoms with Crippen molar-refractivity contribution < 1.29 is 9.13 Å². The van der Waals surface area contributed by atoms with Crippen LogP contribution in [0.1, 0.15) is 37.3 Å². The van der Waals surface area contributed by atoms with Crippen LogP contribution in [0.4, 0.5) is 10.1 Å². The zero-order valence-electron chi connectivity index (χ0n) is 10.7. The Morgan fingerprint density at radius 2 is 2.17 bits per heavy atom. The van der Waals surface area contributed by atoms with Crippen LogP contribution >= 0.6 is 0 Å². The second-order valence-corrected chi connectivity index (χ2v) is 4.21. The summed E-state index contributed by atoms with van der Waals surface area (Å²) in [5.74, 6) is 0. The second-order valence-electron chi connectivity index (χ2n) is 4.21. The molecule has 4 heteroatoms. The fourth-order valence-electron chi connectivity index (χ4n) is 1.78. The summed E-state index contributed by atoms with van der Waals surface area (Å²) in [6.45, 7) is 1.80. The van der Waals surface area contributed by atoms with Crippen molar-refractivity contribution >= 4 is 5.69 Å². The van der Waals surface area contributed by atoms with Gasteiger partial charge in [0, 0.05) is 16.8 Å². The van der Waals surface area contributed by atoms with Crippen LogP contribution in [0.5, 0.6) is 0 Å². The van der Waals surface area contributed by atoms with Gasteiger partial charge in [-0.3, -0.25) is 0 Å². The normalized spacial score (nSPS) is 12.1. The molecule has 1 unspecified atom stereocenters. The number of nitrogen functional groups attached to an aromatic ring is 1. The van der Waals surface area contributed by atoms with Crippen molar-refractivity contribution in [2.24, 2.45) is 0 Å². The lowest BCUT2D eigenvalue weighted by Crippen LogP contribution is -2.12. The van der Waals surface area contributed by atoms with Gasteiger partial charge in [0.2, 0.25) is 0 Å². The van der Waals surface area contributed by atoms with Gasteiger partial charge in [-0.25, -0.2) is 4.39 Å². The summed E-state index contributed by atoms with van der Waals surface area (Å²) < 4.78 is 18.3. The molecule has 0 saturated carbocycles. The van der Waals surface area contributed by atoms with E-state index >= 15 is 0 Å². The van der Waals surface area contributed by atoms with Gasteiger partial charge >= 0.3 is 0 Å². The van der Waals surface area contributed by atoms with Gasteiger partial charge in [-0.1, -0.05) is 31.5 Å². The Bertz CT molecular complexity index is 415. The number of nitrogens with zero attached hydrogens (tertiary/aromatic N) is 1. The molecule has 0 aromatic heterocycles. The molecule has 0 heterocycles. The predicted molar refractivity (Wildman–Crippen MR) is 69.4 cm³/mol. The molecule has 0 spiro atoms. The Hall–Kier alpha value is -1.60. The van der Waals surface area contributed by atoms with Crippen LogP contribution in [-0.4, -0.2) is 6.10 Å². The molecule has 0 aliphatic heterocycles. The molecule has 0 saturated heterocycles. The number of benzene rings is 1. The lowest BCUT2D eigenvalue weighted by Gasteiger charge is -2.15. The minimum Gasteiger partial charge on any atom is -0.398 e. The van der Waals surface area contributed by atoms with E-state index < -0.39 is 6.67 Å². The molecule has 1 rings (SSSR count). The van der Waals surface area contributed by atoms with Gasteiger partial charge in [0.05, 0.1) is 25.2 Å². The van der Waals surface area contributed by atoms with E-state index in [1.807, 2.05) is 13.0 Å². The van der Waals surface area contributed by atoms with Crippen molar-refractivity contribution in [2.45, 2.75) is 45.6 Å². The van der Waals surface area contributed by atoms with Gasteiger partial charge in [-0.2, -0.15) is 5.26 Å². The number of ether oxygens (including phenoxy) is 1. The molecule has 0 bridgehead atoms. The van der Waals surface area contributed by atoms with Gasteiger partial charge < -0.3 is 10.5 Å². The highest BCUT2D eigenvalue weighted by Crippen LogP contribution is 2.20. The van der Waals surface area contributed by atoms with Crippen molar-refractivity contribution in [2.75, 3.05) is 5.73 Å². The van der Waals surface area contributed by atoms with Crippen LogP contribution < -0.4 is 5.73 Å². The van der Waals surface area contributed by atoms with Crippen LogP contribution in [0.3, 0.4) is 0 Å². The van der Waals surface area contributed by atoms with Gasteiger partial charge in [-0.15, -0.1) is 0 Å². The molecule has 1 aromatic rings. The van der Waals surface area contributed by atoms with Crippen LogP contribution in [0.2, 0.25) is 0 Å². The first-order valence-electron chi connectivity index (χ1n) is 6.13. The summed E-state index contributed by atoms with van der Waals surface area (Å²) in [7, 11) is 0. The molecule has 0 aliphatic carbocycles. The molecular formula is C14H19FN2O. The topological polar surface area (TPSA) is 59.0 Å². The highest BCUT2D eigenvalue weighted by Gasteiger charge is 2.10. The molecular weight excluding hydrogens is 231 g/mol. The Balaban J connectivity index is 2.64. The maximum atomic E-state index is 12.6. The third-order valence-corrected chi connectivity index (χ3v) is 2.83. The number of hydrogen-bond donors (Lipinski definition) is 1. The van der Waals surface area contributed by atoms with Gasteiger partial charge in [0.15, 0.2) is 0 Å². The van der Waals surface area contributed by atoms with Crippen molar-refractivity contribution in [3.05, 3.63) is 29.3 Å². The number of halogens is 1. The van der Waals surface area contributed by atoms with E-state index in [2.05, 4.69) is 6.07 Å². The average molecular weight is 250 g/mol. The molecule has 0 amide bonds. The second kappa shape index (κ2) is 7.67. The number of anilines is 1. The molecule has 0 fully saturated rings. The summed E-state index contributed by atoms with van der Waals surface area (Å²) in [6, 6.07) is 7.36. The summed E-state index contributed by atoms with van der Waals surface area (Å²) in [5, 5.41) is 8.69. The van der Waals surface area contributed by atoms with Crippen molar-refractivity contribution in [3.8, 4) is 6.07 Å². The lowest BCUT2D eigenvalue weighted by atomic mass is 10.1. The minimum absolute atomic E-state index is 0.0755. The summed E-state index contributed by atoms with van der Waals surface area (Å²) >= 11 is 0. The van der Waals surface area contributed by atoms with Gasteiger partial charge in [0.1, 0.15) is 6.67 Å². The van der Waals surface area contributed by atoms with E-state index in [-0.39, 0.29) is 6.10 Å². The lowest BCUT2D eigenvalue weighted by molar-refractivity contribution is 0.0380. The highest BCUT2D eigenvalue weighted by atomic mass is 19.1. The van der Waals surface area contributed by atoms with Crippen LogP contribution in [0, 0.1) is 11.3 Å². The number of nitriles is 1. The maximum Gasteiger partial charge on any atom is 0.117 e. The maximum absolute atomic E-state index is 12.6. The molecule has 2 N–H and O–H groups in total. The SMILES string of the molecule is CCCC(CC#N)OCc1cccc(CF)c1N. The standard InChI is InChI=1S/C14H19FN2O/c1-2-4-13(7-8-16)18-10-12-6-3-5-11(9-15)14(12)17/h3,5-6,13H,2,4,7,9-10,17H2,1H3. The quantitative estimate of drug-likeness (QED) is 0.755. The van der Waals surface area contributed by atoms with Crippen molar-refractivity contribution in [1.29, 1.82) is 5.26 Å². The Morgan fingerprint density at radius 3 is 2.78 bits per heavy atom. The molecule has 98 valence electrons. The predicted octanol–water partition coefficient (Wildman–Crippen LogP) is 3.34. The summed E-state index contributed by atoms with van der Waals surface area (Å²) in [4.78, 5) is 0. The molecule has 0 radical (unpaired) electrons. The van der Waals surface area contributed by atoms with E-state index in [1.165, 1.54) is 0 Å². The first-order valence-corrected chi connectivity index (χ1v) is 6.13. The molecule has 18 heavy (non-hydrogen) atoms. The zero-order chi connectivity index (χ0) is 13.4. The number of rotatable bonds is 7. The molecule has 3 nitrogen and oxygen atoms in total. The smallest absolute Gasteiger partial charge is 0.117 e. The largest absolute Gasteiger partial charge is 0.398 e. The highest BCUT2D eigenvalue weighted by molar-refractivity contribution is 5.53. The molecule has 0 aliphatic rings. The van der Waals surface area contributed by atoms with Crippen molar-refractivity contribution in [3.63, 3.8) is 0 Å². The van der Waals surface area contributed by atoms with E-state index in [9.17, 15) is 4.39 Å². The first kappa shape index (κ1) is 14.5. The fourth-order valence-corrected chi connectivity index (χ4v) is 1.78. The zero-order valence-corrected chi connectivity index (χ0v) is 10.7. The Morgan fingerprint density at radius 1 is 1.44 bits per heavy atom. The average Bonchev–Trinajstić information content (AvgIpc) is 2.38. The summed E-state index contributed by atoms with van der Waals surface area (Å²) in [6.07, 6.45) is 2.10. The monoisotopic (exact) mass is 250 g/mol. The Kier molecular flexibility index (Phi) is 6.16. The van der Waals surface area contributed by atoms with E-state index in [1.54, 1.807) is 12.1 Å². The third kappa shape index (κ3) is 4.01. The third-order valence-electron chi connectivity index (χ3n) is 2.83. The fraction of sp³-hybridized carbons (Fsp3) is 0.500. The van der Waals surface area contributed by atoms with E-state index in [4.69, 9.17) is 15.7 Å². The van der Waals surface area contributed by atoms with Crippen molar-refractivity contribution in [1.82, 2.24) is 0 Å². The Labute approximate surface area is 107 Å². The number of hydrogen-bond acceptors (Lipinski definition) is 3. The van der Waals surface area contributed by atoms with E-state index in [0.717, 1.165) is 18.4 Å². The van der Waals surface area contributed by atoms with Crippen LogP contribution in [0.15, 0.2) is 18.2 Å². The van der Waals surface area contributed by atoms with Gasteiger partial charge in [-0.05, 0) is 6.42 Å². The number of para-hydroxylation sites is 1. The van der Waals surface area contributed by atoms with E-state index in [0.29, 0.717) is 24.3 Å². The summed E-state index contributed by atoms with van der Waals surface area (Å²) in [5.41, 5.74) is 7.57.